The molecule has 1 saturated heterocycles. The third kappa shape index (κ3) is 2.32. The lowest BCUT2D eigenvalue weighted by Crippen LogP contribution is -2.46. The maximum absolute atomic E-state index is 5.88. The molecule has 0 bridgehead atoms. The molecular weight excluding hydrogens is 260 g/mol. The van der Waals surface area contributed by atoms with Crippen molar-refractivity contribution in [1.82, 2.24) is 4.90 Å². The summed E-state index contributed by atoms with van der Waals surface area (Å²) in [7, 11) is 2.16. The third-order valence-electron chi connectivity index (χ3n) is 4.65. The van der Waals surface area contributed by atoms with E-state index in [1.165, 1.54) is 22.8 Å². The van der Waals surface area contributed by atoms with Crippen molar-refractivity contribution in [3.8, 4) is 0 Å². The Morgan fingerprint density at radius 3 is 2.86 bits per heavy atom. The lowest BCUT2D eigenvalue weighted by molar-refractivity contribution is -0.0631. The molecule has 2 aromatic rings. The zero-order valence-corrected chi connectivity index (χ0v) is 12.4. The fraction of sp³-hybridized carbons (Fsp3) is 0.389. The second kappa shape index (κ2) is 4.85. The van der Waals surface area contributed by atoms with E-state index >= 15 is 0 Å². The van der Waals surface area contributed by atoms with Gasteiger partial charge >= 0.3 is 0 Å². The minimum atomic E-state index is -0.0893. The van der Waals surface area contributed by atoms with Crippen LogP contribution in [0.3, 0.4) is 0 Å². The highest BCUT2D eigenvalue weighted by atomic mass is 16.7. The van der Waals surface area contributed by atoms with Crippen molar-refractivity contribution in [1.29, 1.82) is 0 Å². The molecule has 0 N–H and O–H groups in total. The van der Waals surface area contributed by atoms with Crippen LogP contribution in [0.4, 0.5) is 0 Å². The van der Waals surface area contributed by atoms with E-state index in [-0.39, 0.29) is 5.60 Å². The van der Waals surface area contributed by atoms with Crippen LogP contribution in [0.15, 0.2) is 47.6 Å². The molecule has 0 radical (unpaired) electrons. The predicted molar refractivity (Wildman–Crippen MR) is 85.6 cm³/mol. The van der Waals surface area contributed by atoms with Gasteiger partial charge in [0, 0.05) is 18.5 Å². The van der Waals surface area contributed by atoms with E-state index in [1.807, 2.05) is 0 Å². The molecule has 1 fully saturated rings. The largest absolute Gasteiger partial charge is 0.387 e. The van der Waals surface area contributed by atoms with Crippen molar-refractivity contribution >= 4 is 16.5 Å². The van der Waals surface area contributed by atoms with Gasteiger partial charge < -0.3 is 9.74 Å². The van der Waals surface area contributed by atoms with Gasteiger partial charge in [-0.15, -0.1) is 0 Å². The average molecular weight is 280 g/mol. The minimum Gasteiger partial charge on any atom is -0.387 e. The summed E-state index contributed by atoms with van der Waals surface area (Å²) in [6, 6.07) is 15.0. The molecule has 0 saturated carbocycles. The molecule has 21 heavy (non-hydrogen) atoms. The first-order valence-electron chi connectivity index (χ1n) is 7.67. The molecule has 1 atom stereocenters. The number of benzene rings is 2. The van der Waals surface area contributed by atoms with Gasteiger partial charge in [-0.1, -0.05) is 41.6 Å². The first-order valence-corrected chi connectivity index (χ1v) is 7.67. The van der Waals surface area contributed by atoms with Crippen molar-refractivity contribution < 1.29 is 4.84 Å². The van der Waals surface area contributed by atoms with Gasteiger partial charge in [-0.25, -0.2) is 0 Å². The topological polar surface area (TPSA) is 24.8 Å². The number of likely N-dealkylation sites (tertiary alicyclic amines) is 1. The number of likely N-dealkylation sites (N-methyl/N-ethyl adjacent to an activating group) is 1. The van der Waals surface area contributed by atoms with Crippen LogP contribution in [0.25, 0.3) is 10.8 Å². The number of hydrogen-bond donors (Lipinski definition) is 0. The van der Waals surface area contributed by atoms with Crippen LogP contribution < -0.4 is 0 Å². The molecule has 0 amide bonds. The average Bonchev–Trinajstić information content (AvgIpc) is 2.90. The van der Waals surface area contributed by atoms with E-state index in [9.17, 15) is 0 Å². The Kier molecular flexibility index (Phi) is 2.96. The van der Waals surface area contributed by atoms with Crippen LogP contribution in [0, 0.1) is 0 Å². The van der Waals surface area contributed by atoms with E-state index in [4.69, 9.17) is 4.84 Å². The standard InChI is InChI=1S/C18H20N2O/c1-20-10-4-9-18(13-20)12-17(19-21-18)16-8-7-14-5-2-3-6-15(14)11-16/h2-3,5-8,11H,4,9-10,12-13H2,1H3. The van der Waals surface area contributed by atoms with Gasteiger partial charge in [0.2, 0.25) is 0 Å². The van der Waals surface area contributed by atoms with E-state index in [2.05, 4.69) is 59.6 Å². The van der Waals surface area contributed by atoms with Crippen LogP contribution in [0.1, 0.15) is 24.8 Å². The molecule has 4 rings (SSSR count). The Hall–Kier alpha value is -1.87. The quantitative estimate of drug-likeness (QED) is 0.799. The summed E-state index contributed by atoms with van der Waals surface area (Å²) in [5.41, 5.74) is 2.20. The third-order valence-corrected chi connectivity index (χ3v) is 4.65. The molecule has 0 aliphatic carbocycles. The van der Waals surface area contributed by atoms with Crippen molar-refractivity contribution in [3.63, 3.8) is 0 Å². The molecule has 3 heteroatoms. The number of nitrogens with zero attached hydrogens (tertiary/aromatic N) is 2. The van der Waals surface area contributed by atoms with Gasteiger partial charge in [0.15, 0.2) is 5.60 Å². The maximum atomic E-state index is 5.88. The van der Waals surface area contributed by atoms with Crippen molar-refractivity contribution in [2.24, 2.45) is 5.16 Å². The summed E-state index contributed by atoms with van der Waals surface area (Å²) in [6.45, 7) is 2.14. The lowest BCUT2D eigenvalue weighted by atomic mass is 9.86. The Balaban J connectivity index is 1.61. The molecule has 1 unspecified atom stereocenters. The number of fused-ring (bicyclic) bond motifs is 1. The number of rotatable bonds is 1. The number of oxime groups is 1. The van der Waals surface area contributed by atoms with Crippen LogP contribution in [0.2, 0.25) is 0 Å². The Morgan fingerprint density at radius 1 is 1.14 bits per heavy atom. The summed E-state index contributed by atoms with van der Waals surface area (Å²) in [5.74, 6) is 0. The minimum absolute atomic E-state index is 0.0893. The Morgan fingerprint density at radius 2 is 2.00 bits per heavy atom. The first kappa shape index (κ1) is 12.8. The summed E-state index contributed by atoms with van der Waals surface area (Å²) >= 11 is 0. The second-order valence-corrected chi connectivity index (χ2v) is 6.39. The predicted octanol–water partition coefficient (Wildman–Crippen LogP) is 3.43. The van der Waals surface area contributed by atoms with Gasteiger partial charge in [0.25, 0.3) is 0 Å². The fourth-order valence-electron chi connectivity index (χ4n) is 3.59. The highest BCUT2D eigenvalue weighted by Crippen LogP contribution is 2.34. The zero-order valence-electron chi connectivity index (χ0n) is 12.4. The van der Waals surface area contributed by atoms with Crippen molar-refractivity contribution in [3.05, 3.63) is 48.0 Å². The highest BCUT2D eigenvalue weighted by molar-refractivity contribution is 6.04. The molecule has 3 nitrogen and oxygen atoms in total. The van der Waals surface area contributed by atoms with Crippen LogP contribution >= 0.6 is 0 Å². The van der Waals surface area contributed by atoms with Crippen LogP contribution in [0.5, 0.6) is 0 Å². The van der Waals surface area contributed by atoms with E-state index in [1.54, 1.807) is 0 Å². The Labute approximate surface area is 125 Å². The molecule has 1 spiro atoms. The van der Waals surface area contributed by atoms with Gasteiger partial charge in [-0.2, -0.15) is 0 Å². The maximum Gasteiger partial charge on any atom is 0.156 e. The normalized spacial score (nSPS) is 26.0. The van der Waals surface area contributed by atoms with Crippen LogP contribution in [-0.4, -0.2) is 36.3 Å². The summed E-state index contributed by atoms with van der Waals surface area (Å²) < 4.78 is 0. The molecular formula is C18H20N2O. The summed E-state index contributed by atoms with van der Waals surface area (Å²) in [4.78, 5) is 8.23. The zero-order chi connectivity index (χ0) is 14.3. The van der Waals surface area contributed by atoms with Gasteiger partial charge in [-0.3, -0.25) is 0 Å². The first-order chi connectivity index (χ1) is 10.2. The Bertz CT molecular complexity index is 709. The molecule has 2 heterocycles. The van der Waals surface area contributed by atoms with Crippen molar-refractivity contribution in [2.45, 2.75) is 24.9 Å². The number of hydrogen-bond acceptors (Lipinski definition) is 3. The monoisotopic (exact) mass is 280 g/mol. The SMILES string of the molecule is CN1CCCC2(CC(c3ccc4ccccc4c3)=NO2)C1. The molecule has 2 aromatic carbocycles. The number of piperidine rings is 1. The van der Waals surface area contributed by atoms with Gasteiger partial charge in [-0.05, 0) is 43.3 Å². The molecule has 108 valence electrons. The molecule has 2 aliphatic heterocycles. The highest BCUT2D eigenvalue weighted by Gasteiger charge is 2.42. The lowest BCUT2D eigenvalue weighted by Gasteiger charge is -2.36. The summed E-state index contributed by atoms with van der Waals surface area (Å²) in [6.07, 6.45) is 3.23. The van der Waals surface area contributed by atoms with Crippen LogP contribution in [-0.2, 0) is 4.84 Å². The van der Waals surface area contributed by atoms with E-state index in [0.717, 1.165) is 31.6 Å². The summed E-state index contributed by atoms with van der Waals surface area (Å²) in [5, 5.41) is 6.95. The molecule has 0 aromatic heterocycles. The van der Waals surface area contributed by atoms with Gasteiger partial charge in [0.05, 0.1) is 5.71 Å². The smallest absolute Gasteiger partial charge is 0.156 e. The van der Waals surface area contributed by atoms with E-state index < -0.39 is 0 Å². The van der Waals surface area contributed by atoms with E-state index in [0.29, 0.717) is 0 Å². The van der Waals surface area contributed by atoms with Gasteiger partial charge in [0.1, 0.15) is 0 Å². The fourth-order valence-corrected chi connectivity index (χ4v) is 3.59. The van der Waals surface area contributed by atoms with Crippen molar-refractivity contribution in [2.75, 3.05) is 20.1 Å². The molecule has 2 aliphatic rings. The second-order valence-electron chi connectivity index (χ2n) is 6.39.